The Kier molecular flexibility index (Phi) is 4.64. The van der Waals surface area contributed by atoms with E-state index in [0.717, 1.165) is 42.3 Å². The Morgan fingerprint density at radius 2 is 2.24 bits per heavy atom. The molecule has 21 heavy (non-hydrogen) atoms. The Morgan fingerprint density at radius 1 is 1.38 bits per heavy atom. The van der Waals surface area contributed by atoms with Crippen molar-refractivity contribution >= 4 is 17.4 Å². The van der Waals surface area contributed by atoms with Crippen molar-refractivity contribution in [3.63, 3.8) is 0 Å². The van der Waals surface area contributed by atoms with Gasteiger partial charge < -0.3 is 10.3 Å². The monoisotopic (exact) mass is 309 g/mol. The van der Waals surface area contributed by atoms with Gasteiger partial charge in [0.05, 0.1) is 10.7 Å². The lowest BCUT2D eigenvalue weighted by atomic mass is 9.84. The fourth-order valence-corrected chi connectivity index (χ4v) is 3.92. The van der Waals surface area contributed by atoms with E-state index in [4.69, 9.17) is 17.4 Å². The Morgan fingerprint density at radius 3 is 3.05 bits per heavy atom. The average molecular weight is 310 g/mol. The topological polar surface area (TPSA) is 57.4 Å². The van der Waals surface area contributed by atoms with E-state index in [9.17, 15) is 0 Å². The molecule has 2 atom stereocenters. The number of nitrogens with zero attached hydrogens (tertiary/aromatic N) is 3. The van der Waals surface area contributed by atoms with Crippen molar-refractivity contribution in [2.24, 2.45) is 11.8 Å². The molecule has 2 unspecified atom stereocenters. The first-order valence-electron chi connectivity index (χ1n) is 7.72. The van der Waals surface area contributed by atoms with Gasteiger partial charge in [-0.15, -0.1) is 0 Å². The molecule has 116 valence electrons. The lowest BCUT2D eigenvalue weighted by Crippen LogP contribution is -2.52. The number of nitrogens with one attached hydrogen (secondary N) is 1. The van der Waals surface area contributed by atoms with Gasteiger partial charge in [-0.3, -0.25) is 4.90 Å². The number of fused-ring (bicyclic) bond motifs is 1. The van der Waals surface area contributed by atoms with Crippen LogP contribution < -0.4 is 11.3 Å². The zero-order valence-corrected chi connectivity index (χ0v) is 13.3. The molecule has 5 nitrogen and oxygen atoms in total. The minimum Gasteiger partial charge on any atom is -0.308 e. The number of anilines is 1. The highest BCUT2D eigenvalue weighted by Crippen LogP contribution is 2.30. The summed E-state index contributed by atoms with van der Waals surface area (Å²) in [7, 11) is 2.27. The van der Waals surface area contributed by atoms with Crippen LogP contribution in [0.4, 0.5) is 5.82 Å². The predicted octanol–water partition coefficient (Wildman–Crippen LogP) is 1.94. The Bertz CT molecular complexity index is 495. The lowest BCUT2D eigenvalue weighted by molar-refractivity contribution is 0.0350. The van der Waals surface area contributed by atoms with Crippen LogP contribution in [-0.4, -0.2) is 47.5 Å². The van der Waals surface area contributed by atoms with Crippen LogP contribution in [-0.2, 0) is 6.54 Å². The van der Waals surface area contributed by atoms with Crippen LogP contribution in [0.3, 0.4) is 0 Å². The number of rotatable bonds is 3. The van der Waals surface area contributed by atoms with Crippen LogP contribution in [0.25, 0.3) is 0 Å². The van der Waals surface area contributed by atoms with Gasteiger partial charge in [0.25, 0.3) is 0 Å². The van der Waals surface area contributed by atoms with Crippen molar-refractivity contribution in [1.29, 1.82) is 0 Å². The molecule has 0 bridgehead atoms. The second-order valence-corrected chi connectivity index (χ2v) is 6.65. The van der Waals surface area contributed by atoms with Crippen molar-refractivity contribution in [3.05, 3.63) is 22.8 Å². The second-order valence-electron chi connectivity index (χ2n) is 6.24. The summed E-state index contributed by atoms with van der Waals surface area (Å²) in [4.78, 5) is 9.50. The van der Waals surface area contributed by atoms with Gasteiger partial charge in [-0.1, -0.05) is 11.6 Å². The lowest BCUT2D eigenvalue weighted by Gasteiger charge is -2.46. The van der Waals surface area contributed by atoms with E-state index in [1.54, 1.807) is 6.07 Å². The van der Waals surface area contributed by atoms with Crippen LogP contribution in [0.15, 0.2) is 12.1 Å². The highest BCUT2D eigenvalue weighted by Gasteiger charge is 2.34. The molecule has 1 aromatic rings. The number of nitrogens with two attached hydrogens (primary N) is 1. The molecule has 0 amide bonds. The van der Waals surface area contributed by atoms with Gasteiger partial charge in [-0.25, -0.2) is 10.8 Å². The molecule has 2 aliphatic heterocycles. The largest absolute Gasteiger partial charge is 0.308 e. The summed E-state index contributed by atoms with van der Waals surface area (Å²) in [6.45, 7) is 4.32. The van der Waals surface area contributed by atoms with E-state index in [0.29, 0.717) is 5.82 Å². The summed E-state index contributed by atoms with van der Waals surface area (Å²) < 4.78 is 0. The third kappa shape index (κ3) is 3.31. The number of nitrogen functional groups attached to an aromatic ring is 1. The van der Waals surface area contributed by atoms with Gasteiger partial charge in [-0.05, 0) is 50.9 Å². The van der Waals surface area contributed by atoms with Crippen molar-refractivity contribution in [2.45, 2.75) is 31.8 Å². The van der Waals surface area contributed by atoms with Crippen molar-refractivity contribution in [1.82, 2.24) is 14.8 Å². The summed E-state index contributed by atoms with van der Waals surface area (Å²) in [5, 5.41) is 0.719. The highest BCUT2D eigenvalue weighted by molar-refractivity contribution is 6.31. The van der Waals surface area contributed by atoms with Crippen molar-refractivity contribution < 1.29 is 0 Å². The van der Waals surface area contributed by atoms with Gasteiger partial charge in [0.1, 0.15) is 5.82 Å². The van der Waals surface area contributed by atoms with E-state index in [1.165, 1.54) is 25.8 Å². The normalized spacial score (nSPS) is 27.4. The Hall–Kier alpha value is -0.880. The maximum Gasteiger partial charge on any atom is 0.140 e. The van der Waals surface area contributed by atoms with Gasteiger partial charge in [0, 0.05) is 25.7 Å². The molecule has 2 aliphatic rings. The summed E-state index contributed by atoms with van der Waals surface area (Å²) in [6, 6.07) is 4.42. The van der Waals surface area contributed by atoms with Gasteiger partial charge >= 0.3 is 0 Å². The number of halogens is 1. The molecule has 6 heteroatoms. The number of hydrazine groups is 1. The summed E-state index contributed by atoms with van der Waals surface area (Å²) in [6.07, 6.45) is 3.90. The van der Waals surface area contributed by atoms with E-state index in [-0.39, 0.29) is 0 Å². The molecular formula is C15H24ClN5. The molecule has 3 N–H and O–H groups in total. The molecule has 3 rings (SSSR count). The molecule has 0 radical (unpaired) electrons. The van der Waals surface area contributed by atoms with E-state index in [2.05, 4.69) is 27.3 Å². The van der Waals surface area contributed by atoms with E-state index >= 15 is 0 Å². The third-order valence-electron chi connectivity index (χ3n) is 4.87. The van der Waals surface area contributed by atoms with Crippen LogP contribution in [0.2, 0.25) is 5.02 Å². The average Bonchev–Trinajstić information content (AvgIpc) is 2.50. The molecule has 3 heterocycles. The first-order chi connectivity index (χ1) is 10.2. The SMILES string of the molecule is CN1CCCC2CN(Cc3nc(NN)ccc3Cl)CCC21. The number of aromatic nitrogens is 1. The number of piperidine rings is 2. The van der Waals surface area contributed by atoms with Gasteiger partial charge in [-0.2, -0.15) is 0 Å². The number of hydrogen-bond acceptors (Lipinski definition) is 5. The molecule has 0 saturated carbocycles. The molecule has 0 aromatic carbocycles. The molecule has 1 aromatic heterocycles. The van der Waals surface area contributed by atoms with Gasteiger partial charge in [0.2, 0.25) is 0 Å². The second kappa shape index (κ2) is 6.48. The fraction of sp³-hybridized carbons (Fsp3) is 0.667. The fourth-order valence-electron chi connectivity index (χ4n) is 3.76. The zero-order chi connectivity index (χ0) is 14.8. The maximum atomic E-state index is 6.27. The predicted molar refractivity (Wildman–Crippen MR) is 86.1 cm³/mol. The van der Waals surface area contributed by atoms with Crippen molar-refractivity contribution in [2.75, 3.05) is 32.1 Å². The first kappa shape index (κ1) is 15.0. The van der Waals surface area contributed by atoms with Crippen LogP contribution >= 0.6 is 11.6 Å². The van der Waals surface area contributed by atoms with Crippen LogP contribution in [0.1, 0.15) is 25.0 Å². The molecular weight excluding hydrogens is 286 g/mol. The molecule has 0 spiro atoms. The van der Waals surface area contributed by atoms with E-state index in [1.807, 2.05) is 6.07 Å². The molecule has 0 aliphatic carbocycles. The molecule has 2 fully saturated rings. The standard InChI is InChI=1S/C15H24ClN5/c1-20-7-2-3-11-9-21(8-6-14(11)20)10-13-12(16)4-5-15(18-13)19-17/h4-5,11,14H,2-3,6-10,17H2,1H3,(H,18,19). The quantitative estimate of drug-likeness (QED) is 0.660. The smallest absolute Gasteiger partial charge is 0.140 e. The summed E-state index contributed by atoms with van der Waals surface area (Å²) in [5.74, 6) is 6.88. The zero-order valence-electron chi connectivity index (χ0n) is 12.6. The van der Waals surface area contributed by atoms with Gasteiger partial charge in [0.15, 0.2) is 0 Å². The first-order valence-corrected chi connectivity index (χ1v) is 8.10. The number of hydrogen-bond donors (Lipinski definition) is 2. The minimum atomic E-state index is 0.668. The summed E-state index contributed by atoms with van der Waals surface area (Å²) >= 11 is 6.27. The van der Waals surface area contributed by atoms with Crippen LogP contribution in [0, 0.1) is 5.92 Å². The molecule has 2 saturated heterocycles. The van der Waals surface area contributed by atoms with Crippen LogP contribution in [0.5, 0.6) is 0 Å². The van der Waals surface area contributed by atoms with E-state index < -0.39 is 0 Å². The Labute approximate surface area is 131 Å². The summed E-state index contributed by atoms with van der Waals surface area (Å²) in [5.41, 5.74) is 3.50. The number of pyridine rings is 1. The Balaban J connectivity index is 1.66. The van der Waals surface area contributed by atoms with Crippen molar-refractivity contribution in [3.8, 4) is 0 Å². The highest BCUT2D eigenvalue weighted by atomic mass is 35.5. The minimum absolute atomic E-state index is 0.668. The third-order valence-corrected chi connectivity index (χ3v) is 5.21. The number of likely N-dealkylation sites (tertiary alicyclic amines) is 2. The maximum absolute atomic E-state index is 6.27.